The van der Waals surface area contributed by atoms with Crippen LogP contribution in [0, 0.1) is 11.7 Å². The van der Waals surface area contributed by atoms with Crippen LogP contribution in [0.3, 0.4) is 0 Å². The minimum atomic E-state index is -3.32. The summed E-state index contributed by atoms with van der Waals surface area (Å²) in [5.41, 5.74) is 1.34. The molecule has 0 aromatic heterocycles. The standard InChI is InChI=1S/C27H33F3O2S/c1-4-7-19-10-15-23(16-11-19)32-27(29,30)22-13-8-20(9-14-22)18-33-26-21(5-2)12-17-24(25(26)28)31-6-3/h5,8-9,12-14,17,19,23H,2,4,6-7,10-11,15-16,18H2,1,3H3. The Bertz CT molecular complexity index is 906. The van der Waals surface area contributed by atoms with Gasteiger partial charge in [-0.1, -0.05) is 56.7 Å². The lowest BCUT2D eigenvalue weighted by Crippen LogP contribution is -2.29. The van der Waals surface area contributed by atoms with E-state index in [-0.39, 0.29) is 11.3 Å². The number of thioether (sulfide) groups is 1. The van der Waals surface area contributed by atoms with Crippen molar-refractivity contribution in [1.82, 2.24) is 0 Å². The summed E-state index contributed by atoms with van der Waals surface area (Å²) in [4.78, 5) is 0.437. The van der Waals surface area contributed by atoms with Gasteiger partial charge in [-0.25, -0.2) is 4.39 Å². The molecule has 0 saturated heterocycles. The van der Waals surface area contributed by atoms with E-state index >= 15 is 0 Å². The van der Waals surface area contributed by atoms with Crippen molar-refractivity contribution in [3.8, 4) is 5.75 Å². The predicted octanol–water partition coefficient (Wildman–Crippen LogP) is 8.58. The molecule has 0 amide bonds. The molecule has 2 nitrogen and oxygen atoms in total. The smallest absolute Gasteiger partial charge is 0.383 e. The molecule has 33 heavy (non-hydrogen) atoms. The summed E-state index contributed by atoms with van der Waals surface area (Å²) in [6.45, 7) is 8.07. The highest BCUT2D eigenvalue weighted by molar-refractivity contribution is 7.98. The molecular formula is C27H33F3O2S. The molecule has 1 aliphatic rings. The highest BCUT2D eigenvalue weighted by Crippen LogP contribution is 2.38. The van der Waals surface area contributed by atoms with Gasteiger partial charge in [-0.05, 0) is 61.8 Å². The van der Waals surface area contributed by atoms with Crippen molar-refractivity contribution in [2.24, 2.45) is 5.92 Å². The fourth-order valence-electron chi connectivity index (χ4n) is 4.30. The van der Waals surface area contributed by atoms with Crippen LogP contribution in [0.4, 0.5) is 13.2 Å². The quantitative estimate of drug-likeness (QED) is 0.301. The summed E-state index contributed by atoms with van der Waals surface area (Å²) >= 11 is 1.29. The second kappa shape index (κ2) is 12.0. The van der Waals surface area contributed by atoms with E-state index in [9.17, 15) is 13.2 Å². The van der Waals surface area contributed by atoms with E-state index in [0.717, 1.165) is 31.2 Å². The molecular weight excluding hydrogens is 445 g/mol. The summed E-state index contributed by atoms with van der Waals surface area (Å²) in [5, 5.41) is 0. The van der Waals surface area contributed by atoms with Gasteiger partial charge < -0.3 is 9.47 Å². The molecule has 180 valence electrons. The van der Waals surface area contributed by atoms with Gasteiger partial charge in [-0.3, -0.25) is 0 Å². The number of halogens is 3. The van der Waals surface area contributed by atoms with Crippen LogP contribution >= 0.6 is 11.8 Å². The maximum atomic E-state index is 14.8. The van der Waals surface area contributed by atoms with Crippen molar-refractivity contribution in [2.45, 2.75) is 75.2 Å². The van der Waals surface area contributed by atoms with E-state index in [4.69, 9.17) is 9.47 Å². The van der Waals surface area contributed by atoms with E-state index in [1.54, 1.807) is 37.3 Å². The van der Waals surface area contributed by atoms with Crippen molar-refractivity contribution >= 4 is 17.8 Å². The third-order valence-corrected chi connectivity index (χ3v) is 7.27. The molecule has 0 atom stereocenters. The van der Waals surface area contributed by atoms with Crippen molar-refractivity contribution in [2.75, 3.05) is 6.61 Å². The third-order valence-electron chi connectivity index (χ3n) is 6.09. The van der Waals surface area contributed by atoms with Gasteiger partial charge in [0.05, 0.1) is 23.2 Å². The number of rotatable bonds is 11. The van der Waals surface area contributed by atoms with Crippen molar-refractivity contribution in [3.63, 3.8) is 0 Å². The molecule has 0 heterocycles. The number of alkyl halides is 2. The Morgan fingerprint density at radius 2 is 1.76 bits per heavy atom. The lowest BCUT2D eigenvalue weighted by atomic mass is 9.84. The Balaban J connectivity index is 1.61. The average Bonchev–Trinajstić information content (AvgIpc) is 2.81. The van der Waals surface area contributed by atoms with Gasteiger partial charge in [-0.15, -0.1) is 11.8 Å². The molecule has 3 rings (SSSR count). The molecule has 0 unspecified atom stereocenters. The first-order valence-corrected chi connectivity index (χ1v) is 12.7. The van der Waals surface area contributed by atoms with E-state index < -0.39 is 18.0 Å². The SMILES string of the molecule is C=Cc1ccc(OCC)c(F)c1SCc1ccc(C(F)(F)OC2CCC(CCC)CC2)cc1. The monoisotopic (exact) mass is 478 g/mol. The number of ether oxygens (including phenoxy) is 2. The first-order chi connectivity index (χ1) is 15.9. The zero-order valence-electron chi connectivity index (χ0n) is 19.4. The van der Waals surface area contributed by atoms with Gasteiger partial charge in [0, 0.05) is 5.75 Å². The van der Waals surface area contributed by atoms with Crippen LogP contribution in [-0.2, 0) is 16.6 Å². The zero-order valence-corrected chi connectivity index (χ0v) is 20.2. The molecule has 0 aliphatic heterocycles. The molecule has 1 saturated carbocycles. The highest BCUT2D eigenvalue weighted by Gasteiger charge is 2.37. The second-order valence-corrected chi connectivity index (χ2v) is 9.47. The number of benzene rings is 2. The van der Waals surface area contributed by atoms with Gasteiger partial charge in [0.15, 0.2) is 11.6 Å². The average molecular weight is 479 g/mol. The van der Waals surface area contributed by atoms with Crippen LogP contribution < -0.4 is 4.74 Å². The van der Waals surface area contributed by atoms with Gasteiger partial charge in [0.1, 0.15) is 0 Å². The summed E-state index contributed by atoms with van der Waals surface area (Å²) in [6.07, 6.45) is 3.46. The predicted molar refractivity (Wildman–Crippen MR) is 129 cm³/mol. The molecule has 0 N–H and O–H groups in total. The zero-order chi connectivity index (χ0) is 23.8. The highest BCUT2D eigenvalue weighted by atomic mass is 32.2. The van der Waals surface area contributed by atoms with Crippen molar-refractivity contribution in [3.05, 3.63) is 65.5 Å². The Morgan fingerprint density at radius 1 is 1.06 bits per heavy atom. The lowest BCUT2D eigenvalue weighted by molar-refractivity contribution is -0.278. The molecule has 0 radical (unpaired) electrons. The Labute approximate surface area is 199 Å². The minimum absolute atomic E-state index is 0.150. The Morgan fingerprint density at radius 3 is 2.36 bits per heavy atom. The van der Waals surface area contributed by atoms with E-state index in [1.165, 1.54) is 23.9 Å². The van der Waals surface area contributed by atoms with Crippen molar-refractivity contribution in [1.29, 1.82) is 0 Å². The normalized spacial score (nSPS) is 18.8. The summed E-state index contributed by atoms with van der Waals surface area (Å²) in [6, 6.07) is 9.46. The van der Waals surface area contributed by atoms with E-state index in [2.05, 4.69) is 13.5 Å². The van der Waals surface area contributed by atoms with Gasteiger partial charge in [0.25, 0.3) is 0 Å². The third kappa shape index (κ3) is 6.80. The van der Waals surface area contributed by atoms with Gasteiger partial charge >= 0.3 is 6.11 Å². The molecule has 2 aromatic carbocycles. The molecule has 2 aromatic rings. The minimum Gasteiger partial charge on any atom is -0.491 e. The molecule has 0 bridgehead atoms. The molecule has 6 heteroatoms. The van der Waals surface area contributed by atoms with E-state index in [1.807, 2.05) is 0 Å². The largest absolute Gasteiger partial charge is 0.491 e. The lowest BCUT2D eigenvalue weighted by Gasteiger charge is -2.31. The number of hydrogen-bond donors (Lipinski definition) is 0. The van der Waals surface area contributed by atoms with Gasteiger partial charge in [0.2, 0.25) is 0 Å². The van der Waals surface area contributed by atoms with Crippen LogP contribution in [-0.4, -0.2) is 12.7 Å². The molecule has 1 aliphatic carbocycles. The Kier molecular flexibility index (Phi) is 9.33. The molecule has 0 spiro atoms. The second-order valence-electron chi connectivity index (χ2n) is 8.48. The van der Waals surface area contributed by atoms with Crippen LogP contribution in [0.25, 0.3) is 6.08 Å². The first-order valence-electron chi connectivity index (χ1n) is 11.7. The summed E-state index contributed by atoms with van der Waals surface area (Å²) < 4.78 is 54.9. The van der Waals surface area contributed by atoms with E-state index in [0.29, 0.717) is 41.6 Å². The van der Waals surface area contributed by atoms with Crippen LogP contribution in [0.1, 0.15) is 69.1 Å². The van der Waals surface area contributed by atoms with Crippen LogP contribution in [0.15, 0.2) is 47.9 Å². The summed E-state index contributed by atoms with van der Waals surface area (Å²) in [5.74, 6) is 0.841. The fraction of sp³-hybridized carbons (Fsp3) is 0.481. The maximum Gasteiger partial charge on any atom is 0.383 e. The fourth-order valence-corrected chi connectivity index (χ4v) is 5.35. The van der Waals surface area contributed by atoms with Crippen LogP contribution in [0.5, 0.6) is 5.75 Å². The van der Waals surface area contributed by atoms with Gasteiger partial charge in [-0.2, -0.15) is 8.78 Å². The first kappa shape index (κ1) is 25.7. The topological polar surface area (TPSA) is 18.5 Å². The number of hydrogen-bond acceptors (Lipinski definition) is 3. The molecule has 1 fully saturated rings. The maximum absolute atomic E-state index is 14.8. The Hall–Kier alpha value is -1.92. The van der Waals surface area contributed by atoms with Crippen molar-refractivity contribution < 1.29 is 22.6 Å². The van der Waals surface area contributed by atoms with Crippen LogP contribution in [0.2, 0.25) is 0 Å². The summed E-state index contributed by atoms with van der Waals surface area (Å²) in [7, 11) is 0.